The minimum absolute atomic E-state index is 0.0116. The van der Waals surface area contributed by atoms with Gasteiger partial charge in [-0.05, 0) is 51.1 Å². The van der Waals surface area contributed by atoms with Crippen LogP contribution in [-0.2, 0) is 0 Å². The minimum Gasteiger partial charge on any atom is -0.494 e. The number of aromatic carboxylic acids is 1. The fourth-order valence-corrected chi connectivity index (χ4v) is 4.24. The Kier molecular flexibility index (Phi) is 4.42. The highest BCUT2D eigenvalue weighted by atomic mass is 19.1. The number of carboxylic acid groups (broad SMARTS) is 1. The Bertz CT molecular complexity index is 980. The Morgan fingerprint density at radius 3 is 2.70 bits per heavy atom. The number of rotatable bonds is 4. The average Bonchev–Trinajstić information content (AvgIpc) is 3.46. The van der Waals surface area contributed by atoms with E-state index in [1.165, 1.54) is 19.4 Å². The number of nitrogens with zero attached hydrogens (tertiary/aromatic N) is 1. The predicted molar refractivity (Wildman–Crippen MR) is 99.4 cm³/mol. The smallest absolute Gasteiger partial charge is 0.341 e. The molecule has 0 bridgehead atoms. The van der Waals surface area contributed by atoms with Gasteiger partial charge in [-0.1, -0.05) is 0 Å². The lowest BCUT2D eigenvalue weighted by molar-refractivity contribution is 0.0695. The van der Waals surface area contributed by atoms with E-state index in [2.05, 4.69) is 12.2 Å². The largest absolute Gasteiger partial charge is 0.494 e. The fraction of sp³-hybridized carbons (Fsp3) is 0.500. The molecule has 2 aromatic rings. The number of benzene rings is 1. The molecule has 2 heterocycles. The van der Waals surface area contributed by atoms with Gasteiger partial charge in [0.2, 0.25) is 5.43 Å². The Hall–Kier alpha value is -2.41. The number of methoxy groups -OCH3 is 1. The number of hydrogen-bond acceptors (Lipinski definition) is 4. The first kappa shape index (κ1) is 18.0. The number of carboxylic acids is 1. The maximum absolute atomic E-state index is 15.1. The van der Waals surface area contributed by atoms with Crippen molar-refractivity contribution in [2.24, 2.45) is 0 Å². The van der Waals surface area contributed by atoms with E-state index in [0.29, 0.717) is 16.8 Å². The summed E-state index contributed by atoms with van der Waals surface area (Å²) in [5.41, 5.74) is 0.00345. The summed E-state index contributed by atoms with van der Waals surface area (Å²) in [6.07, 6.45) is 4.75. The molecule has 1 aliphatic carbocycles. The molecule has 2 fully saturated rings. The summed E-state index contributed by atoms with van der Waals surface area (Å²) in [6, 6.07) is 1.59. The van der Waals surface area contributed by atoms with Crippen molar-refractivity contribution in [3.05, 3.63) is 39.4 Å². The van der Waals surface area contributed by atoms with Gasteiger partial charge in [-0.2, -0.15) is 0 Å². The Morgan fingerprint density at radius 2 is 2.11 bits per heavy atom. The van der Waals surface area contributed by atoms with Gasteiger partial charge in [-0.15, -0.1) is 0 Å². The van der Waals surface area contributed by atoms with E-state index in [4.69, 9.17) is 4.74 Å². The molecule has 0 spiro atoms. The van der Waals surface area contributed by atoms with Crippen LogP contribution in [0.4, 0.5) is 4.39 Å². The van der Waals surface area contributed by atoms with Crippen LogP contribution in [0.25, 0.3) is 10.9 Å². The van der Waals surface area contributed by atoms with Gasteiger partial charge in [0, 0.05) is 23.8 Å². The maximum atomic E-state index is 15.1. The van der Waals surface area contributed by atoms with Crippen LogP contribution >= 0.6 is 0 Å². The lowest BCUT2D eigenvalue weighted by atomic mass is 9.85. The van der Waals surface area contributed by atoms with Crippen LogP contribution in [0.1, 0.15) is 60.5 Å². The monoisotopic (exact) mass is 374 g/mol. The second-order valence-corrected chi connectivity index (χ2v) is 7.59. The molecule has 4 rings (SSSR count). The average molecular weight is 374 g/mol. The van der Waals surface area contributed by atoms with Crippen molar-refractivity contribution in [1.29, 1.82) is 0 Å². The lowest BCUT2D eigenvalue weighted by Gasteiger charge is -2.30. The topological polar surface area (TPSA) is 80.6 Å². The number of piperidine rings is 1. The molecular formula is C20H23FN2O4. The van der Waals surface area contributed by atoms with Crippen molar-refractivity contribution >= 4 is 16.9 Å². The lowest BCUT2D eigenvalue weighted by Crippen LogP contribution is -2.35. The molecule has 0 amide bonds. The summed E-state index contributed by atoms with van der Waals surface area (Å²) in [5, 5.41) is 12.8. The van der Waals surface area contributed by atoms with Gasteiger partial charge >= 0.3 is 5.97 Å². The molecule has 1 aromatic carbocycles. The number of fused-ring (bicyclic) bond motifs is 1. The van der Waals surface area contributed by atoms with E-state index in [-0.39, 0.29) is 29.0 Å². The zero-order chi connectivity index (χ0) is 19.3. The first-order chi connectivity index (χ1) is 12.9. The van der Waals surface area contributed by atoms with Gasteiger partial charge in [-0.25, -0.2) is 9.18 Å². The van der Waals surface area contributed by atoms with Crippen LogP contribution in [0, 0.1) is 5.82 Å². The molecule has 144 valence electrons. The van der Waals surface area contributed by atoms with Gasteiger partial charge in [0.1, 0.15) is 17.1 Å². The number of carbonyl (C=O) groups is 1. The third kappa shape index (κ3) is 3.00. The minimum atomic E-state index is -1.30. The summed E-state index contributed by atoms with van der Waals surface area (Å²) in [7, 11) is 1.48. The first-order valence-electron chi connectivity index (χ1n) is 9.34. The molecule has 2 unspecified atom stereocenters. The summed E-state index contributed by atoms with van der Waals surface area (Å²) in [4.78, 5) is 24.2. The number of hydrogen-bond donors (Lipinski definition) is 2. The molecule has 6 nitrogen and oxygen atoms in total. The van der Waals surface area contributed by atoms with Crippen LogP contribution in [0.15, 0.2) is 17.1 Å². The van der Waals surface area contributed by atoms with Crippen molar-refractivity contribution in [3.8, 4) is 5.75 Å². The third-order valence-corrected chi connectivity index (χ3v) is 5.67. The molecule has 1 aliphatic heterocycles. The molecule has 2 atom stereocenters. The number of pyridine rings is 1. The zero-order valence-electron chi connectivity index (χ0n) is 15.4. The zero-order valence-corrected chi connectivity index (χ0v) is 15.4. The van der Waals surface area contributed by atoms with Crippen LogP contribution in [-0.4, -0.2) is 35.3 Å². The quantitative estimate of drug-likeness (QED) is 0.860. The highest BCUT2D eigenvalue weighted by Crippen LogP contribution is 2.44. The van der Waals surface area contributed by atoms with E-state index in [9.17, 15) is 14.7 Å². The fourth-order valence-electron chi connectivity index (χ4n) is 4.24. The number of ether oxygens (including phenoxy) is 1. The molecule has 1 aromatic heterocycles. The van der Waals surface area contributed by atoms with Crippen LogP contribution in [0.3, 0.4) is 0 Å². The van der Waals surface area contributed by atoms with E-state index in [1.807, 2.05) is 0 Å². The van der Waals surface area contributed by atoms with Crippen LogP contribution < -0.4 is 15.5 Å². The van der Waals surface area contributed by atoms with Gasteiger partial charge in [0.25, 0.3) is 0 Å². The summed E-state index contributed by atoms with van der Waals surface area (Å²) in [5.74, 6) is -1.44. The summed E-state index contributed by atoms with van der Waals surface area (Å²) < 4.78 is 22.6. The van der Waals surface area contributed by atoms with Gasteiger partial charge < -0.3 is 19.7 Å². The van der Waals surface area contributed by atoms with E-state index in [0.717, 1.165) is 32.2 Å². The van der Waals surface area contributed by atoms with Crippen molar-refractivity contribution in [3.63, 3.8) is 0 Å². The van der Waals surface area contributed by atoms with Gasteiger partial charge in [-0.3, -0.25) is 4.79 Å². The second-order valence-electron chi connectivity index (χ2n) is 7.59. The van der Waals surface area contributed by atoms with E-state index in [1.54, 1.807) is 4.57 Å². The van der Waals surface area contributed by atoms with E-state index < -0.39 is 17.2 Å². The van der Waals surface area contributed by atoms with Gasteiger partial charge in [0.05, 0.1) is 18.0 Å². The van der Waals surface area contributed by atoms with Crippen molar-refractivity contribution in [2.75, 3.05) is 13.7 Å². The van der Waals surface area contributed by atoms with Gasteiger partial charge in [0.15, 0.2) is 0 Å². The normalized spacial score (nSPS) is 22.8. The summed E-state index contributed by atoms with van der Waals surface area (Å²) >= 11 is 0. The maximum Gasteiger partial charge on any atom is 0.341 e. The number of nitrogens with one attached hydrogen (secondary N) is 1. The molecule has 0 radical (unpaired) electrons. The van der Waals surface area contributed by atoms with Crippen molar-refractivity contribution in [2.45, 2.75) is 50.6 Å². The highest BCUT2D eigenvalue weighted by Gasteiger charge is 2.32. The standard InChI is InChI=1S/C20H23FN2O4/c1-10-7-11(5-6-22-10)16-15(21)8-13-17(19(16)27-2)23(12-3-4-12)9-14(18(13)24)20(25)26/h8-12,22H,3-7H2,1-2H3,(H,25,26). The van der Waals surface area contributed by atoms with E-state index >= 15 is 4.39 Å². The third-order valence-electron chi connectivity index (χ3n) is 5.67. The van der Waals surface area contributed by atoms with Crippen molar-refractivity contribution in [1.82, 2.24) is 9.88 Å². The SMILES string of the molecule is COc1c(C2CCNC(C)C2)c(F)cc2c(=O)c(C(=O)O)cn(C3CC3)c12. The Balaban J connectivity index is 2.03. The van der Waals surface area contributed by atoms with Crippen LogP contribution in [0.5, 0.6) is 5.75 Å². The number of aromatic nitrogens is 1. The predicted octanol–water partition coefficient (Wildman–Crippen LogP) is 3.04. The molecule has 7 heteroatoms. The Labute approximate surface area is 155 Å². The highest BCUT2D eigenvalue weighted by molar-refractivity contribution is 5.95. The summed E-state index contributed by atoms with van der Waals surface area (Å²) in [6.45, 7) is 2.86. The molecule has 1 saturated heterocycles. The van der Waals surface area contributed by atoms with Crippen molar-refractivity contribution < 1.29 is 19.0 Å². The number of halogens is 1. The molecular weight excluding hydrogens is 351 g/mol. The second kappa shape index (κ2) is 6.64. The molecule has 27 heavy (non-hydrogen) atoms. The Morgan fingerprint density at radius 1 is 1.37 bits per heavy atom. The molecule has 1 saturated carbocycles. The molecule has 2 N–H and O–H groups in total. The molecule has 2 aliphatic rings. The van der Waals surface area contributed by atoms with Crippen LogP contribution in [0.2, 0.25) is 0 Å². The first-order valence-corrected chi connectivity index (χ1v) is 9.34.